The van der Waals surface area contributed by atoms with Crippen molar-refractivity contribution in [1.29, 1.82) is 5.26 Å². The van der Waals surface area contributed by atoms with Crippen molar-refractivity contribution < 1.29 is 0 Å². The standard InChI is InChI=1S/C57H40N6/c58-34-35-23-25-36(26-24-35)39-15-8-20-44(28-39)56-61-54(38-13-5-2-6-14-38)62-57(63-56)45-21-9-17-41(29-45)40-16-7-18-42(27-40)51-33-50(37-11-3-1-4-12-37)59-55(60-51)46-22-10-19-43(30-46)52-48-31-47-32-49(52)53(47)48/h1-30,33,47-49,52-53H,31-32H2. The Labute approximate surface area is 366 Å². The monoisotopic (exact) mass is 808 g/mol. The van der Waals surface area contributed by atoms with Crippen molar-refractivity contribution in [2.75, 3.05) is 0 Å². The Hall–Kier alpha value is -7.88. The minimum absolute atomic E-state index is 0.581. The largest absolute Gasteiger partial charge is 0.228 e. The maximum Gasteiger partial charge on any atom is 0.164 e. The van der Waals surface area contributed by atoms with Gasteiger partial charge >= 0.3 is 0 Å². The third kappa shape index (κ3) is 6.70. The molecule has 2 unspecified atom stereocenters. The molecule has 9 aromatic rings. The Bertz CT molecular complexity index is 3210. The van der Waals surface area contributed by atoms with Crippen LogP contribution in [0.1, 0.15) is 29.9 Å². The molecule has 3 aliphatic carbocycles. The summed E-state index contributed by atoms with van der Waals surface area (Å²) in [6, 6.07) is 66.7. The van der Waals surface area contributed by atoms with Crippen LogP contribution in [0.2, 0.25) is 0 Å². The molecule has 7 aromatic carbocycles. The van der Waals surface area contributed by atoms with Crippen LogP contribution in [-0.2, 0) is 0 Å². The minimum Gasteiger partial charge on any atom is -0.228 e. The molecule has 2 aromatic heterocycles. The molecule has 0 spiro atoms. The molecular weight excluding hydrogens is 769 g/mol. The van der Waals surface area contributed by atoms with Crippen molar-refractivity contribution in [1.82, 2.24) is 24.9 Å². The van der Waals surface area contributed by atoms with E-state index < -0.39 is 0 Å². The minimum atomic E-state index is 0.581. The molecule has 6 nitrogen and oxygen atoms in total. The number of nitriles is 1. The van der Waals surface area contributed by atoms with Crippen molar-refractivity contribution in [3.8, 4) is 96.4 Å². The van der Waals surface area contributed by atoms with Gasteiger partial charge in [-0.25, -0.2) is 24.9 Å². The average Bonchev–Trinajstić information content (AvgIpc) is 3.36. The topological polar surface area (TPSA) is 88.2 Å². The lowest BCUT2D eigenvalue weighted by Gasteiger charge is -2.73. The fourth-order valence-corrected chi connectivity index (χ4v) is 10.5. The first-order valence-electron chi connectivity index (χ1n) is 21.8. The van der Waals surface area contributed by atoms with E-state index in [4.69, 9.17) is 24.9 Å². The molecule has 6 heteroatoms. The van der Waals surface area contributed by atoms with Crippen molar-refractivity contribution in [3.05, 3.63) is 199 Å². The van der Waals surface area contributed by atoms with Crippen LogP contribution in [0.5, 0.6) is 0 Å². The number of rotatable bonds is 9. The van der Waals surface area contributed by atoms with Crippen LogP contribution in [0.15, 0.2) is 188 Å². The smallest absolute Gasteiger partial charge is 0.164 e. The Balaban J connectivity index is 0.910. The quantitative estimate of drug-likeness (QED) is 0.144. The molecule has 2 heterocycles. The Morgan fingerprint density at radius 1 is 0.365 bits per heavy atom. The van der Waals surface area contributed by atoms with Gasteiger partial charge in [0.15, 0.2) is 23.3 Å². The number of hydrogen-bond donors (Lipinski definition) is 0. The van der Waals surface area contributed by atoms with Crippen LogP contribution < -0.4 is 0 Å². The van der Waals surface area contributed by atoms with Gasteiger partial charge in [-0.05, 0) is 113 Å². The van der Waals surface area contributed by atoms with E-state index in [1.54, 1.807) is 0 Å². The first-order valence-corrected chi connectivity index (χ1v) is 21.8. The zero-order valence-corrected chi connectivity index (χ0v) is 34.4. The van der Waals surface area contributed by atoms with Crippen LogP contribution in [0, 0.1) is 35.0 Å². The molecule has 63 heavy (non-hydrogen) atoms. The highest BCUT2D eigenvalue weighted by Crippen LogP contribution is 2.75. The number of benzene rings is 7. The van der Waals surface area contributed by atoms with Crippen LogP contribution >= 0.6 is 0 Å². The zero-order chi connectivity index (χ0) is 41.9. The first-order chi connectivity index (χ1) is 31.1. The Morgan fingerprint density at radius 2 is 0.810 bits per heavy atom. The fourth-order valence-electron chi connectivity index (χ4n) is 10.5. The summed E-state index contributed by atoms with van der Waals surface area (Å²) in [5.41, 5.74) is 13.8. The molecule has 12 rings (SSSR count). The van der Waals surface area contributed by atoms with E-state index >= 15 is 0 Å². The van der Waals surface area contributed by atoms with Gasteiger partial charge in [0, 0.05) is 33.4 Å². The zero-order valence-electron chi connectivity index (χ0n) is 34.4. The van der Waals surface area contributed by atoms with Gasteiger partial charge in [0.05, 0.1) is 23.0 Å². The van der Waals surface area contributed by atoms with Gasteiger partial charge in [-0.3, -0.25) is 0 Å². The summed E-state index contributed by atoms with van der Waals surface area (Å²) in [7, 11) is 0. The van der Waals surface area contributed by atoms with Crippen LogP contribution in [-0.4, -0.2) is 24.9 Å². The maximum absolute atomic E-state index is 9.33. The average molecular weight is 809 g/mol. The number of hydrogen-bond acceptors (Lipinski definition) is 6. The molecule has 0 radical (unpaired) electrons. The first kappa shape index (κ1) is 36.9. The molecule has 3 saturated carbocycles. The molecule has 298 valence electrons. The van der Waals surface area contributed by atoms with Gasteiger partial charge in [-0.2, -0.15) is 5.26 Å². The van der Waals surface area contributed by atoms with Crippen LogP contribution in [0.3, 0.4) is 0 Å². The van der Waals surface area contributed by atoms with E-state index in [1.807, 2.05) is 72.8 Å². The van der Waals surface area contributed by atoms with Crippen LogP contribution in [0.4, 0.5) is 0 Å². The van der Waals surface area contributed by atoms with Crippen molar-refractivity contribution >= 4 is 0 Å². The molecular formula is C57H40N6. The molecule has 0 bridgehead atoms. The second-order valence-electron chi connectivity index (χ2n) is 17.2. The summed E-state index contributed by atoms with van der Waals surface area (Å²) in [6.45, 7) is 0. The Kier molecular flexibility index (Phi) is 8.93. The molecule has 0 saturated heterocycles. The van der Waals surface area contributed by atoms with Gasteiger partial charge in [-0.1, -0.05) is 146 Å². The summed E-state index contributed by atoms with van der Waals surface area (Å²) in [6.07, 6.45) is 2.81. The van der Waals surface area contributed by atoms with E-state index in [-0.39, 0.29) is 0 Å². The fraction of sp³-hybridized carbons (Fsp3) is 0.123. The predicted molar refractivity (Wildman–Crippen MR) is 250 cm³/mol. The summed E-state index contributed by atoms with van der Waals surface area (Å²) in [5.74, 6) is 6.93. The van der Waals surface area contributed by atoms with E-state index in [1.165, 1.54) is 18.4 Å². The summed E-state index contributed by atoms with van der Waals surface area (Å²) >= 11 is 0. The lowest BCUT2D eigenvalue weighted by Crippen LogP contribution is -2.65. The number of nitrogens with zero attached hydrogens (tertiary/aromatic N) is 6. The van der Waals surface area contributed by atoms with E-state index in [0.29, 0.717) is 29.0 Å². The third-order valence-electron chi connectivity index (χ3n) is 13.7. The highest BCUT2D eigenvalue weighted by atomic mass is 15.0. The molecule has 2 atom stereocenters. The molecule has 3 fully saturated rings. The van der Waals surface area contributed by atoms with Crippen molar-refractivity contribution in [2.45, 2.75) is 18.8 Å². The predicted octanol–water partition coefficient (Wildman–Crippen LogP) is 13.2. The highest BCUT2D eigenvalue weighted by molar-refractivity contribution is 5.79. The second-order valence-corrected chi connectivity index (χ2v) is 17.2. The second kappa shape index (κ2) is 15.2. The van der Waals surface area contributed by atoms with E-state index in [2.05, 4.69) is 121 Å². The highest BCUT2D eigenvalue weighted by Gasteiger charge is 2.67. The van der Waals surface area contributed by atoms with E-state index in [0.717, 1.165) is 96.5 Å². The lowest BCUT2D eigenvalue weighted by molar-refractivity contribution is -0.214. The maximum atomic E-state index is 9.33. The van der Waals surface area contributed by atoms with Crippen LogP contribution in [0.25, 0.3) is 90.3 Å². The molecule has 0 aliphatic heterocycles. The Morgan fingerprint density at radius 3 is 1.38 bits per heavy atom. The molecule has 0 N–H and O–H groups in total. The van der Waals surface area contributed by atoms with Crippen molar-refractivity contribution in [3.63, 3.8) is 0 Å². The summed E-state index contributed by atoms with van der Waals surface area (Å²) in [5, 5.41) is 9.33. The van der Waals surface area contributed by atoms with Gasteiger partial charge in [0.1, 0.15) is 0 Å². The third-order valence-corrected chi connectivity index (χ3v) is 13.7. The van der Waals surface area contributed by atoms with Gasteiger partial charge < -0.3 is 0 Å². The van der Waals surface area contributed by atoms with Gasteiger partial charge in [-0.15, -0.1) is 0 Å². The SMILES string of the molecule is N#Cc1ccc(-c2cccc(-c3nc(-c4ccccc4)nc(-c4cccc(-c5cccc(-c6cc(-c7ccccc7)nc(-c7cccc(C8C9CC%10CC8C%109)c7)n6)c5)c4)n3)c2)cc1. The molecule has 3 aliphatic rings. The summed E-state index contributed by atoms with van der Waals surface area (Å²) in [4.78, 5) is 25.6. The normalized spacial score (nSPS) is 19.1. The van der Waals surface area contributed by atoms with Gasteiger partial charge in [0.25, 0.3) is 0 Å². The van der Waals surface area contributed by atoms with E-state index in [9.17, 15) is 5.26 Å². The summed E-state index contributed by atoms with van der Waals surface area (Å²) < 4.78 is 0. The van der Waals surface area contributed by atoms with Crippen molar-refractivity contribution in [2.24, 2.45) is 23.7 Å². The van der Waals surface area contributed by atoms with Gasteiger partial charge in [0.2, 0.25) is 0 Å². The molecule has 0 amide bonds. The number of aromatic nitrogens is 5. The lowest BCUT2D eigenvalue weighted by atomic mass is 9.31.